The van der Waals surface area contributed by atoms with Gasteiger partial charge in [-0.05, 0) is 50.1 Å². The van der Waals surface area contributed by atoms with Crippen molar-refractivity contribution < 1.29 is 14.3 Å². The molecule has 0 aliphatic rings. The lowest BCUT2D eigenvalue weighted by Crippen LogP contribution is -2.35. The van der Waals surface area contributed by atoms with Gasteiger partial charge < -0.3 is 9.64 Å². The van der Waals surface area contributed by atoms with Crippen molar-refractivity contribution >= 4 is 28.6 Å². The van der Waals surface area contributed by atoms with Crippen molar-refractivity contribution in [2.24, 2.45) is 7.05 Å². The van der Waals surface area contributed by atoms with E-state index in [1.165, 1.54) is 11.1 Å². The zero-order valence-electron chi connectivity index (χ0n) is 17.5. The van der Waals surface area contributed by atoms with Gasteiger partial charge in [-0.3, -0.25) is 9.48 Å². The van der Waals surface area contributed by atoms with Crippen molar-refractivity contribution in [1.29, 1.82) is 5.26 Å². The van der Waals surface area contributed by atoms with E-state index in [1.807, 2.05) is 45.0 Å². The van der Waals surface area contributed by atoms with E-state index in [0.29, 0.717) is 11.3 Å². The van der Waals surface area contributed by atoms with E-state index >= 15 is 0 Å². The summed E-state index contributed by atoms with van der Waals surface area (Å²) < 4.78 is 6.89. The molecule has 0 atom stereocenters. The summed E-state index contributed by atoms with van der Waals surface area (Å²) in [5.41, 5.74) is 4.35. The second kappa shape index (κ2) is 8.74. The fourth-order valence-electron chi connectivity index (χ4n) is 3.37. The number of hydrogen-bond acceptors (Lipinski definition) is 6. The molecule has 0 N–H and O–H groups in total. The smallest absolute Gasteiger partial charge is 0.340 e. The van der Waals surface area contributed by atoms with Crippen molar-refractivity contribution in [2.75, 3.05) is 18.1 Å². The molecule has 3 aromatic rings. The summed E-state index contributed by atoms with van der Waals surface area (Å²) in [4.78, 5) is 31.0. The first-order valence-electron chi connectivity index (χ1n) is 9.52. The fourth-order valence-corrected chi connectivity index (χ4v) is 3.37. The minimum Gasteiger partial charge on any atom is -0.452 e. The van der Waals surface area contributed by atoms with Crippen LogP contribution in [-0.4, -0.2) is 39.8 Å². The van der Waals surface area contributed by atoms with E-state index in [-0.39, 0.29) is 18.5 Å². The molecule has 8 heteroatoms. The minimum atomic E-state index is -0.637. The van der Waals surface area contributed by atoms with Gasteiger partial charge in [-0.15, -0.1) is 0 Å². The Morgan fingerprint density at radius 1 is 1.17 bits per heavy atom. The van der Waals surface area contributed by atoms with Gasteiger partial charge in [-0.2, -0.15) is 10.4 Å². The first kappa shape index (κ1) is 21.0. The topological polar surface area (TPSA) is 101 Å². The van der Waals surface area contributed by atoms with Crippen LogP contribution >= 0.6 is 0 Å². The molecule has 0 unspecified atom stereocenters. The number of rotatable bonds is 6. The first-order valence-corrected chi connectivity index (χ1v) is 9.52. The maximum absolute atomic E-state index is 12.8. The highest BCUT2D eigenvalue weighted by atomic mass is 16.5. The predicted octanol–water partition coefficient (Wildman–Crippen LogP) is 3.00. The number of carbonyl (C=O) groups excluding carboxylic acids is 2. The number of fused-ring (bicyclic) bond motifs is 1. The molecule has 1 amide bonds. The van der Waals surface area contributed by atoms with Crippen LogP contribution in [0.5, 0.6) is 0 Å². The molecular weight excluding hydrogens is 382 g/mol. The lowest BCUT2D eigenvalue weighted by Gasteiger charge is -2.22. The summed E-state index contributed by atoms with van der Waals surface area (Å²) in [7, 11) is 1.78. The summed E-state index contributed by atoms with van der Waals surface area (Å²) >= 11 is 0. The summed E-state index contributed by atoms with van der Waals surface area (Å²) in [6.07, 6.45) is 1.58. The third-order valence-electron chi connectivity index (χ3n) is 4.69. The molecule has 0 radical (unpaired) electrons. The highest BCUT2D eigenvalue weighted by Crippen LogP contribution is 2.20. The molecule has 1 aromatic carbocycles. The van der Waals surface area contributed by atoms with E-state index in [1.54, 1.807) is 17.8 Å². The second-order valence-electron chi connectivity index (χ2n) is 7.18. The van der Waals surface area contributed by atoms with Gasteiger partial charge in [0.05, 0.1) is 23.7 Å². The predicted molar refractivity (Wildman–Crippen MR) is 112 cm³/mol. The van der Waals surface area contributed by atoms with Crippen molar-refractivity contribution in [3.05, 3.63) is 52.8 Å². The Bertz CT molecular complexity index is 1140. The van der Waals surface area contributed by atoms with Gasteiger partial charge in [0, 0.05) is 30.9 Å². The number of aromatic nitrogens is 3. The molecule has 154 valence electrons. The highest BCUT2D eigenvalue weighted by Gasteiger charge is 2.19. The summed E-state index contributed by atoms with van der Waals surface area (Å²) in [6.45, 7) is 5.50. The van der Waals surface area contributed by atoms with Gasteiger partial charge in [0.25, 0.3) is 5.91 Å². The molecular formula is C22H23N5O3. The Balaban J connectivity index is 1.75. The van der Waals surface area contributed by atoms with Gasteiger partial charge in [-0.25, -0.2) is 9.78 Å². The number of hydrogen-bond donors (Lipinski definition) is 0. The molecule has 0 saturated carbocycles. The lowest BCUT2D eigenvalue weighted by molar-refractivity contribution is -0.121. The van der Waals surface area contributed by atoms with Crippen molar-refractivity contribution in [1.82, 2.24) is 14.8 Å². The van der Waals surface area contributed by atoms with Crippen LogP contribution in [0.25, 0.3) is 11.0 Å². The average Bonchev–Trinajstić information content (AvgIpc) is 2.99. The molecule has 0 fully saturated rings. The quantitative estimate of drug-likeness (QED) is 0.584. The normalized spacial score (nSPS) is 10.6. The number of amides is 1. The monoisotopic (exact) mass is 405 g/mol. The lowest BCUT2D eigenvalue weighted by atomic mass is 10.1. The number of pyridine rings is 1. The maximum atomic E-state index is 12.8. The largest absolute Gasteiger partial charge is 0.452 e. The standard InChI is InChI=1S/C22H23N5O3/c1-14-8-15(2)10-18(9-14)27(7-5-6-23)20(28)13-30-22(29)17-11-19-16(3)25-26(4)21(19)24-12-17/h8-12H,5,7,13H2,1-4H3. The molecule has 3 rings (SSSR count). The molecule has 30 heavy (non-hydrogen) atoms. The molecule has 0 spiro atoms. The first-order chi connectivity index (χ1) is 14.3. The van der Waals surface area contributed by atoms with Gasteiger partial charge >= 0.3 is 5.97 Å². The highest BCUT2D eigenvalue weighted by molar-refractivity contribution is 5.98. The van der Waals surface area contributed by atoms with Crippen LogP contribution < -0.4 is 4.90 Å². The molecule has 2 aromatic heterocycles. The number of esters is 1. The molecule has 0 saturated heterocycles. The van der Waals surface area contributed by atoms with Gasteiger partial charge in [0.2, 0.25) is 0 Å². The number of nitriles is 1. The summed E-state index contributed by atoms with van der Waals surface area (Å²) in [5.74, 6) is -1.03. The molecule has 2 heterocycles. The number of carbonyl (C=O) groups is 2. The molecule has 0 aliphatic carbocycles. The fraction of sp³-hybridized carbons (Fsp3) is 0.318. The number of aryl methyl sites for hydroxylation is 4. The van der Waals surface area contributed by atoms with Crippen LogP contribution in [0.4, 0.5) is 5.69 Å². The van der Waals surface area contributed by atoms with Crippen LogP contribution in [-0.2, 0) is 16.6 Å². The van der Waals surface area contributed by atoms with E-state index in [0.717, 1.165) is 22.2 Å². The van der Waals surface area contributed by atoms with Gasteiger partial charge in [-0.1, -0.05) is 6.07 Å². The number of anilines is 1. The molecule has 0 bridgehead atoms. The Morgan fingerprint density at radius 2 is 1.87 bits per heavy atom. The van der Waals surface area contributed by atoms with Crippen molar-refractivity contribution in [3.8, 4) is 6.07 Å². The summed E-state index contributed by atoms with van der Waals surface area (Å²) in [6, 6.07) is 9.45. The Hall–Kier alpha value is -3.73. The third-order valence-corrected chi connectivity index (χ3v) is 4.69. The maximum Gasteiger partial charge on any atom is 0.340 e. The van der Waals surface area contributed by atoms with E-state index in [2.05, 4.69) is 10.1 Å². The van der Waals surface area contributed by atoms with Crippen LogP contribution in [0, 0.1) is 32.1 Å². The van der Waals surface area contributed by atoms with Crippen LogP contribution in [0.1, 0.15) is 33.6 Å². The SMILES string of the molecule is Cc1cc(C)cc(N(CCC#N)C(=O)COC(=O)c2cnc3c(c2)c(C)nn3C)c1. The van der Waals surface area contributed by atoms with Crippen LogP contribution in [0.2, 0.25) is 0 Å². The van der Waals surface area contributed by atoms with E-state index < -0.39 is 18.5 Å². The zero-order chi connectivity index (χ0) is 21.8. The van der Waals surface area contributed by atoms with E-state index in [9.17, 15) is 9.59 Å². The third kappa shape index (κ3) is 4.46. The zero-order valence-corrected chi connectivity index (χ0v) is 17.5. The van der Waals surface area contributed by atoms with E-state index in [4.69, 9.17) is 10.00 Å². The second-order valence-corrected chi connectivity index (χ2v) is 7.18. The molecule has 0 aliphatic heterocycles. The minimum absolute atomic E-state index is 0.174. The average molecular weight is 405 g/mol. The van der Waals surface area contributed by atoms with Crippen LogP contribution in [0.3, 0.4) is 0 Å². The number of nitrogens with zero attached hydrogens (tertiary/aromatic N) is 5. The van der Waals surface area contributed by atoms with Gasteiger partial charge in [0.15, 0.2) is 12.3 Å². The molecule has 8 nitrogen and oxygen atoms in total. The Labute approximate surface area is 174 Å². The summed E-state index contributed by atoms with van der Waals surface area (Å²) in [5, 5.41) is 14.0. The Kier molecular flexibility index (Phi) is 6.11. The Morgan fingerprint density at radius 3 is 2.53 bits per heavy atom. The van der Waals surface area contributed by atoms with Gasteiger partial charge in [0.1, 0.15) is 0 Å². The van der Waals surface area contributed by atoms with Crippen molar-refractivity contribution in [3.63, 3.8) is 0 Å². The van der Waals surface area contributed by atoms with Crippen LogP contribution in [0.15, 0.2) is 30.5 Å². The number of benzene rings is 1. The van der Waals surface area contributed by atoms with Crippen molar-refractivity contribution in [2.45, 2.75) is 27.2 Å². The number of ether oxygens (including phenoxy) is 1.